The molecule has 0 spiro atoms. The lowest BCUT2D eigenvalue weighted by atomic mass is 10.1. The molecule has 1 fully saturated rings. The van der Waals surface area contributed by atoms with E-state index in [1.807, 2.05) is 6.07 Å². The molecule has 7 nitrogen and oxygen atoms in total. The van der Waals surface area contributed by atoms with E-state index in [0.29, 0.717) is 15.8 Å². The minimum Gasteiger partial charge on any atom is -0.478 e. The van der Waals surface area contributed by atoms with Crippen molar-refractivity contribution in [3.8, 4) is 11.8 Å². The number of hydrogen-bond donors (Lipinski definition) is 1. The van der Waals surface area contributed by atoms with Crippen LogP contribution >= 0.6 is 15.9 Å². The van der Waals surface area contributed by atoms with Crippen LogP contribution in [-0.4, -0.2) is 24.5 Å². The van der Waals surface area contributed by atoms with Crippen LogP contribution in [0, 0.1) is 17.1 Å². The highest BCUT2D eigenvalue weighted by Gasteiger charge is 2.36. The molecule has 28 heavy (non-hydrogen) atoms. The minimum absolute atomic E-state index is 0.128. The fraction of sp³-hybridized carbons (Fsp3) is 0.0526. The normalized spacial score (nSPS) is 15.4. The molecule has 9 heteroatoms. The summed E-state index contributed by atoms with van der Waals surface area (Å²) in [6.45, 7) is -0.130. The first-order valence-electron chi connectivity index (χ1n) is 7.87. The summed E-state index contributed by atoms with van der Waals surface area (Å²) >= 11 is 3.29. The second-order valence-electron chi connectivity index (χ2n) is 5.57. The van der Waals surface area contributed by atoms with Gasteiger partial charge in [0.2, 0.25) is 0 Å². The Hall–Kier alpha value is -3.51. The molecule has 4 amide bonds. The maximum Gasteiger partial charge on any atom is 0.335 e. The van der Waals surface area contributed by atoms with Crippen LogP contribution in [0.15, 0.2) is 52.5 Å². The molecule has 0 atom stereocenters. The third-order valence-electron chi connectivity index (χ3n) is 3.75. The van der Waals surface area contributed by atoms with Crippen LogP contribution in [0.2, 0.25) is 0 Å². The number of nitriles is 1. The number of carbonyl (C=O) groups excluding carboxylic acids is 3. The second-order valence-corrected chi connectivity index (χ2v) is 6.43. The molecule has 1 aliphatic heterocycles. The molecule has 1 aliphatic rings. The van der Waals surface area contributed by atoms with E-state index in [0.717, 1.165) is 17.0 Å². The lowest BCUT2D eigenvalue weighted by Crippen LogP contribution is -2.54. The summed E-state index contributed by atoms with van der Waals surface area (Å²) in [7, 11) is 0. The fourth-order valence-corrected chi connectivity index (χ4v) is 2.99. The second kappa shape index (κ2) is 8.02. The van der Waals surface area contributed by atoms with Crippen LogP contribution in [0.25, 0.3) is 6.08 Å². The van der Waals surface area contributed by atoms with Crippen molar-refractivity contribution in [3.05, 3.63) is 63.9 Å². The number of rotatable bonds is 4. The lowest BCUT2D eigenvalue weighted by Gasteiger charge is -2.26. The van der Waals surface area contributed by atoms with Crippen LogP contribution in [0.4, 0.5) is 14.9 Å². The maximum atomic E-state index is 13.1. The van der Waals surface area contributed by atoms with Crippen molar-refractivity contribution >= 4 is 45.5 Å². The minimum atomic E-state index is -0.916. The van der Waals surface area contributed by atoms with E-state index < -0.39 is 23.7 Å². The van der Waals surface area contributed by atoms with E-state index >= 15 is 0 Å². The Morgan fingerprint density at radius 1 is 1.18 bits per heavy atom. The first-order valence-corrected chi connectivity index (χ1v) is 8.66. The van der Waals surface area contributed by atoms with Crippen LogP contribution in [-0.2, 0) is 9.59 Å². The predicted molar refractivity (Wildman–Crippen MR) is 101 cm³/mol. The van der Waals surface area contributed by atoms with Gasteiger partial charge in [0.05, 0.1) is 10.2 Å². The number of nitrogens with one attached hydrogen (secondary N) is 1. The topological polar surface area (TPSA) is 99.5 Å². The Balaban J connectivity index is 1.94. The Labute approximate surface area is 167 Å². The number of anilines is 1. The average Bonchev–Trinajstić information content (AvgIpc) is 2.66. The lowest BCUT2D eigenvalue weighted by molar-refractivity contribution is -0.122. The monoisotopic (exact) mass is 443 g/mol. The van der Waals surface area contributed by atoms with Gasteiger partial charge >= 0.3 is 6.03 Å². The van der Waals surface area contributed by atoms with E-state index in [9.17, 15) is 18.8 Å². The van der Waals surface area contributed by atoms with E-state index in [4.69, 9.17) is 10.00 Å². The zero-order valence-corrected chi connectivity index (χ0v) is 15.7. The van der Waals surface area contributed by atoms with Gasteiger partial charge in [-0.25, -0.2) is 14.1 Å². The van der Waals surface area contributed by atoms with Crippen molar-refractivity contribution in [1.82, 2.24) is 5.32 Å². The first kappa shape index (κ1) is 19.3. The highest BCUT2D eigenvalue weighted by molar-refractivity contribution is 9.10. The van der Waals surface area contributed by atoms with Gasteiger partial charge in [0.15, 0.2) is 6.61 Å². The number of carbonyl (C=O) groups is 3. The summed E-state index contributed by atoms with van der Waals surface area (Å²) in [5, 5.41) is 10.7. The van der Waals surface area contributed by atoms with Crippen molar-refractivity contribution in [2.75, 3.05) is 11.5 Å². The Kier molecular flexibility index (Phi) is 5.52. The summed E-state index contributed by atoms with van der Waals surface area (Å²) in [5.74, 6) is -1.77. The Bertz CT molecular complexity index is 1040. The number of benzene rings is 2. The number of hydrogen-bond acceptors (Lipinski definition) is 5. The quantitative estimate of drug-likeness (QED) is 0.577. The molecule has 0 radical (unpaired) electrons. The van der Waals surface area contributed by atoms with Gasteiger partial charge in [0, 0.05) is 0 Å². The third kappa shape index (κ3) is 3.92. The molecule has 2 aromatic rings. The molecule has 1 saturated heterocycles. The van der Waals surface area contributed by atoms with Crippen molar-refractivity contribution in [1.29, 1.82) is 5.26 Å². The van der Waals surface area contributed by atoms with Gasteiger partial charge in [0.25, 0.3) is 11.8 Å². The highest BCUT2D eigenvalue weighted by Crippen LogP contribution is 2.28. The van der Waals surface area contributed by atoms with Gasteiger partial charge in [-0.2, -0.15) is 5.26 Å². The third-order valence-corrected chi connectivity index (χ3v) is 4.37. The fourth-order valence-electron chi connectivity index (χ4n) is 2.48. The van der Waals surface area contributed by atoms with E-state index in [2.05, 4.69) is 21.2 Å². The van der Waals surface area contributed by atoms with Gasteiger partial charge in [-0.1, -0.05) is 6.07 Å². The molecule has 2 aromatic carbocycles. The number of nitrogens with zero attached hydrogens (tertiary/aromatic N) is 2. The first-order chi connectivity index (χ1) is 13.4. The number of ether oxygens (including phenoxy) is 1. The predicted octanol–water partition coefficient (Wildman–Crippen LogP) is 3.16. The zero-order valence-electron chi connectivity index (χ0n) is 14.1. The smallest absolute Gasteiger partial charge is 0.335 e. The maximum absolute atomic E-state index is 13.1. The number of amides is 4. The highest BCUT2D eigenvalue weighted by atomic mass is 79.9. The molecule has 140 valence electrons. The molecular weight excluding hydrogens is 433 g/mol. The van der Waals surface area contributed by atoms with Gasteiger partial charge in [-0.15, -0.1) is 0 Å². The number of halogens is 2. The van der Waals surface area contributed by atoms with Gasteiger partial charge in [-0.3, -0.25) is 14.9 Å². The molecule has 0 unspecified atom stereocenters. The SMILES string of the molecule is N#CCOc1ccc(/C=C2\C(=O)NC(=O)N(c3ccc(F)cc3)C2=O)cc1Br. The summed E-state index contributed by atoms with van der Waals surface area (Å²) in [5.41, 5.74) is 0.355. The molecular formula is C19H11BrFN3O4. The Morgan fingerprint density at radius 3 is 2.54 bits per heavy atom. The molecule has 1 N–H and O–H groups in total. The number of urea groups is 1. The largest absolute Gasteiger partial charge is 0.478 e. The van der Waals surface area contributed by atoms with Gasteiger partial charge in [0.1, 0.15) is 23.2 Å². The van der Waals surface area contributed by atoms with Crippen LogP contribution in [0.1, 0.15) is 5.56 Å². The van der Waals surface area contributed by atoms with Crippen molar-refractivity contribution in [2.24, 2.45) is 0 Å². The van der Waals surface area contributed by atoms with Crippen LogP contribution in [0.5, 0.6) is 5.75 Å². The molecule has 1 heterocycles. The van der Waals surface area contributed by atoms with Crippen molar-refractivity contribution < 1.29 is 23.5 Å². The summed E-state index contributed by atoms with van der Waals surface area (Å²) in [4.78, 5) is 37.8. The number of imide groups is 2. The van der Waals surface area contributed by atoms with Crippen LogP contribution in [0.3, 0.4) is 0 Å². The summed E-state index contributed by atoms with van der Waals surface area (Å²) < 4.78 is 18.9. The van der Waals surface area contributed by atoms with E-state index in [1.54, 1.807) is 18.2 Å². The molecule has 0 aromatic heterocycles. The summed E-state index contributed by atoms with van der Waals surface area (Å²) in [6, 6.07) is 10.4. The van der Waals surface area contributed by atoms with Gasteiger partial charge in [-0.05, 0) is 64.0 Å². The van der Waals surface area contributed by atoms with E-state index in [-0.39, 0.29) is 17.9 Å². The van der Waals surface area contributed by atoms with Crippen molar-refractivity contribution in [2.45, 2.75) is 0 Å². The average molecular weight is 444 g/mol. The molecule has 3 rings (SSSR count). The van der Waals surface area contributed by atoms with Gasteiger partial charge < -0.3 is 4.74 Å². The Morgan fingerprint density at radius 2 is 1.89 bits per heavy atom. The molecule has 0 aliphatic carbocycles. The number of barbiturate groups is 1. The van der Waals surface area contributed by atoms with Crippen molar-refractivity contribution in [3.63, 3.8) is 0 Å². The molecule has 0 bridgehead atoms. The van der Waals surface area contributed by atoms with E-state index in [1.165, 1.54) is 18.2 Å². The van der Waals surface area contributed by atoms with Crippen LogP contribution < -0.4 is 15.0 Å². The molecule has 0 saturated carbocycles. The zero-order chi connectivity index (χ0) is 20.3. The summed E-state index contributed by atoms with van der Waals surface area (Å²) in [6.07, 6.45) is 1.32. The standard InChI is InChI=1S/C19H11BrFN3O4/c20-15-10-11(1-6-16(15)28-8-7-22)9-14-17(25)23-19(27)24(18(14)26)13-4-2-12(21)3-5-13/h1-6,9-10H,8H2,(H,23,25,27)/b14-9+.